The molecule has 8 nitrogen and oxygen atoms in total. The molecule has 2 aromatic heterocycles. The Morgan fingerprint density at radius 3 is 2.77 bits per heavy atom. The maximum atomic E-state index is 11.7. The van der Waals surface area contributed by atoms with Gasteiger partial charge in [0.1, 0.15) is 5.82 Å². The van der Waals surface area contributed by atoms with Crippen LogP contribution >= 0.6 is 0 Å². The highest BCUT2D eigenvalue weighted by molar-refractivity contribution is 5.90. The number of rotatable bonds is 6. The number of aromatic amines is 1. The smallest absolute Gasteiger partial charge is 0.338 e. The van der Waals surface area contributed by atoms with E-state index >= 15 is 0 Å². The Morgan fingerprint density at radius 2 is 2.08 bits per heavy atom. The predicted octanol–water partition coefficient (Wildman–Crippen LogP) is 3.24. The summed E-state index contributed by atoms with van der Waals surface area (Å²) < 4.78 is 4.99. The van der Waals surface area contributed by atoms with Crippen molar-refractivity contribution < 1.29 is 9.53 Å². The lowest BCUT2D eigenvalue weighted by Gasteiger charge is -2.27. The highest BCUT2D eigenvalue weighted by Crippen LogP contribution is 2.27. The molecule has 1 aromatic carbocycles. The molecule has 1 fully saturated rings. The van der Waals surface area contributed by atoms with Gasteiger partial charge in [0.15, 0.2) is 5.65 Å². The molecule has 1 saturated carbocycles. The third kappa shape index (κ3) is 3.30. The molecule has 8 heteroatoms. The zero-order valence-corrected chi connectivity index (χ0v) is 14.5. The second-order valence-corrected chi connectivity index (χ2v) is 6.22. The number of hydrogen-bond acceptors (Lipinski definition) is 7. The van der Waals surface area contributed by atoms with Crippen molar-refractivity contribution in [2.75, 3.05) is 17.2 Å². The zero-order valence-electron chi connectivity index (χ0n) is 14.5. The highest BCUT2D eigenvalue weighted by atomic mass is 16.5. The van der Waals surface area contributed by atoms with Crippen molar-refractivity contribution in [3.8, 4) is 0 Å². The normalized spacial score (nSPS) is 14.0. The molecule has 26 heavy (non-hydrogen) atoms. The number of anilines is 3. The molecule has 134 valence electrons. The van der Waals surface area contributed by atoms with E-state index in [4.69, 9.17) is 4.74 Å². The number of nitrogens with zero attached hydrogens (tertiary/aromatic N) is 3. The summed E-state index contributed by atoms with van der Waals surface area (Å²) in [6.45, 7) is 2.14. The molecule has 0 saturated heterocycles. The standard InChI is InChI=1S/C18H20N6O2/c1-2-26-17(25)11-6-8-13(9-7-11)21-18-22-15(20-12-4-3-5-12)14-10-19-24-16(14)23-18/h6-10,12H,2-5H2,1H3,(H3,19,20,21,22,23,24). The van der Waals surface area contributed by atoms with Gasteiger partial charge in [0.05, 0.1) is 23.8 Å². The van der Waals surface area contributed by atoms with E-state index in [2.05, 4.69) is 30.8 Å². The predicted molar refractivity (Wildman–Crippen MR) is 98.6 cm³/mol. The van der Waals surface area contributed by atoms with Crippen molar-refractivity contribution in [1.82, 2.24) is 20.2 Å². The van der Waals surface area contributed by atoms with Gasteiger partial charge < -0.3 is 15.4 Å². The van der Waals surface area contributed by atoms with Crippen LogP contribution in [0.3, 0.4) is 0 Å². The minimum atomic E-state index is -0.332. The summed E-state index contributed by atoms with van der Waals surface area (Å²) in [5, 5.41) is 14.5. The van der Waals surface area contributed by atoms with Crippen LogP contribution in [0, 0.1) is 0 Å². The molecule has 1 aliphatic carbocycles. The molecule has 0 atom stereocenters. The first-order valence-electron chi connectivity index (χ1n) is 8.75. The minimum Gasteiger partial charge on any atom is -0.462 e. The molecular weight excluding hydrogens is 332 g/mol. The quantitative estimate of drug-likeness (QED) is 0.585. The van der Waals surface area contributed by atoms with E-state index in [1.807, 2.05) is 0 Å². The Kier molecular flexibility index (Phi) is 4.39. The SMILES string of the molecule is CCOC(=O)c1ccc(Nc2nc(NC3CCC3)c3cn[nH]c3n2)cc1. The van der Waals surface area contributed by atoms with E-state index in [0.717, 1.165) is 29.7 Å². The summed E-state index contributed by atoms with van der Waals surface area (Å²) in [7, 11) is 0. The van der Waals surface area contributed by atoms with Gasteiger partial charge in [0, 0.05) is 11.7 Å². The summed E-state index contributed by atoms with van der Waals surface area (Å²) in [5.74, 6) is 0.910. The van der Waals surface area contributed by atoms with Gasteiger partial charge in [0.25, 0.3) is 0 Å². The first-order valence-corrected chi connectivity index (χ1v) is 8.75. The first-order chi connectivity index (χ1) is 12.7. The van der Waals surface area contributed by atoms with Gasteiger partial charge in [-0.2, -0.15) is 15.1 Å². The van der Waals surface area contributed by atoms with Gasteiger partial charge >= 0.3 is 5.97 Å². The maximum Gasteiger partial charge on any atom is 0.338 e. The van der Waals surface area contributed by atoms with Crippen molar-refractivity contribution in [2.45, 2.75) is 32.2 Å². The molecule has 3 N–H and O–H groups in total. The third-order valence-electron chi connectivity index (χ3n) is 4.41. The fourth-order valence-corrected chi connectivity index (χ4v) is 2.78. The molecule has 4 rings (SSSR count). The lowest BCUT2D eigenvalue weighted by molar-refractivity contribution is 0.0526. The number of carbonyl (C=O) groups is 1. The molecule has 0 aliphatic heterocycles. The Hall–Kier alpha value is -3.16. The van der Waals surface area contributed by atoms with Crippen LogP contribution in [0.1, 0.15) is 36.5 Å². The summed E-state index contributed by atoms with van der Waals surface area (Å²) >= 11 is 0. The minimum absolute atomic E-state index is 0.332. The molecular formula is C18H20N6O2. The van der Waals surface area contributed by atoms with Crippen LogP contribution in [-0.4, -0.2) is 38.8 Å². The second-order valence-electron chi connectivity index (χ2n) is 6.22. The van der Waals surface area contributed by atoms with Crippen molar-refractivity contribution in [1.29, 1.82) is 0 Å². The van der Waals surface area contributed by atoms with Crippen molar-refractivity contribution >= 4 is 34.5 Å². The fourth-order valence-electron chi connectivity index (χ4n) is 2.78. The molecule has 0 bridgehead atoms. The number of nitrogens with one attached hydrogen (secondary N) is 3. The van der Waals surface area contributed by atoms with Gasteiger partial charge in [-0.1, -0.05) is 0 Å². The van der Waals surface area contributed by atoms with Crippen molar-refractivity contribution in [3.63, 3.8) is 0 Å². The Labute approximate surface area is 150 Å². The summed E-state index contributed by atoms with van der Waals surface area (Å²) in [4.78, 5) is 20.8. The summed E-state index contributed by atoms with van der Waals surface area (Å²) in [5.41, 5.74) is 1.97. The van der Waals surface area contributed by atoms with E-state index < -0.39 is 0 Å². The van der Waals surface area contributed by atoms with Crippen LogP contribution in [0.15, 0.2) is 30.5 Å². The van der Waals surface area contributed by atoms with Gasteiger partial charge in [-0.05, 0) is 50.5 Å². The number of aromatic nitrogens is 4. The summed E-state index contributed by atoms with van der Waals surface area (Å²) in [6, 6.07) is 7.47. The Bertz CT molecular complexity index is 917. The number of benzene rings is 1. The lowest BCUT2D eigenvalue weighted by atomic mass is 9.93. The Balaban J connectivity index is 1.55. The third-order valence-corrected chi connectivity index (χ3v) is 4.41. The average Bonchev–Trinajstić information content (AvgIpc) is 3.07. The Morgan fingerprint density at radius 1 is 1.27 bits per heavy atom. The molecule has 0 radical (unpaired) electrons. The van der Waals surface area contributed by atoms with Crippen LogP contribution in [0.2, 0.25) is 0 Å². The fraction of sp³-hybridized carbons (Fsp3) is 0.333. The second kappa shape index (κ2) is 6.99. The topological polar surface area (TPSA) is 105 Å². The molecule has 0 amide bonds. The number of fused-ring (bicyclic) bond motifs is 1. The number of carbonyl (C=O) groups excluding carboxylic acids is 1. The van der Waals surface area contributed by atoms with Gasteiger partial charge in [0.2, 0.25) is 5.95 Å². The lowest BCUT2D eigenvalue weighted by Crippen LogP contribution is -2.27. The van der Waals surface area contributed by atoms with Crippen molar-refractivity contribution in [3.05, 3.63) is 36.0 Å². The van der Waals surface area contributed by atoms with E-state index in [0.29, 0.717) is 29.8 Å². The van der Waals surface area contributed by atoms with Gasteiger partial charge in [-0.3, -0.25) is 5.10 Å². The molecule has 0 unspecified atom stereocenters. The van der Waals surface area contributed by atoms with Crippen LogP contribution in [0.5, 0.6) is 0 Å². The first kappa shape index (κ1) is 16.3. The molecule has 3 aromatic rings. The molecule has 1 aliphatic rings. The van der Waals surface area contributed by atoms with Gasteiger partial charge in [-0.15, -0.1) is 0 Å². The van der Waals surface area contributed by atoms with Crippen LogP contribution in [0.25, 0.3) is 11.0 Å². The van der Waals surface area contributed by atoms with E-state index in [1.165, 1.54) is 6.42 Å². The molecule has 2 heterocycles. The van der Waals surface area contributed by atoms with Gasteiger partial charge in [-0.25, -0.2) is 4.79 Å². The van der Waals surface area contributed by atoms with Crippen LogP contribution < -0.4 is 10.6 Å². The monoisotopic (exact) mass is 352 g/mol. The summed E-state index contributed by atoms with van der Waals surface area (Å²) in [6.07, 6.45) is 5.28. The number of H-pyrrole nitrogens is 1. The van der Waals surface area contributed by atoms with Crippen LogP contribution in [0.4, 0.5) is 17.5 Å². The largest absolute Gasteiger partial charge is 0.462 e. The molecule has 0 spiro atoms. The number of esters is 1. The van der Waals surface area contributed by atoms with Crippen LogP contribution in [-0.2, 0) is 4.74 Å². The van der Waals surface area contributed by atoms with E-state index in [-0.39, 0.29) is 5.97 Å². The number of hydrogen-bond donors (Lipinski definition) is 3. The van der Waals surface area contributed by atoms with E-state index in [9.17, 15) is 4.79 Å². The van der Waals surface area contributed by atoms with E-state index in [1.54, 1.807) is 37.4 Å². The zero-order chi connectivity index (χ0) is 17.9. The average molecular weight is 352 g/mol. The maximum absolute atomic E-state index is 11.7. The highest BCUT2D eigenvalue weighted by Gasteiger charge is 2.20. The van der Waals surface area contributed by atoms with Crippen molar-refractivity contribution in [2.24, 2.45) is 0 Å². The number of ether oxygens (including phenoxy) is 1.